The van der Waals surface area contributed by atoms with E-state index in [0.717, 1.165) is 11.1 Å². The minimum absolute atomic E-state index is 0.0783. The Bertz CT molecular complexity index is 423. The molecule has 4 heteroatoms. The number of hydrogen-bond donors (Lipinski definition) is 2. The van der Waals surface area contributed by atoms with Gasteiger partial charge in [-0.2, -0.15) is 0 Å². The Balaban J connectivity index is 2.30. The molecule has 1 fully saturated rings. The van der Waals surface area contributed by atoms with Crippen LogP contribution >= 0.6 is 0 Å². The maximum atomic E-state index is 11.3. The molecule has 0 saturated carbocycles. The summed E-state index contributed by atoms with van der Waals surface area (Å²) in [6.45, 7) is 2.61. The zero-order valence-electron chi connectivity index (χ0n) is 9.72. The molecule has 1 heterocycles. The lowest BCUT2D eigenvalue weighted by atomic mass is 9.89. The van der Waals surface area contributed by atoms with Crippen LogP contribution in [-0.4, -0.2) is 28.9 Å². The van der Waals surface area contributed by atoms with E-state index in [-0.39, 0.29) is 11.9 Å². The summed E-state index contributed by atoms with van der Waals surface area (Å²) in [4.78, 5) is 11.3. The number of aromatic hydroxyl groups is 1. The van der Waals surface area contributed by atoms with Gasteiger partial charge in [-0.15, -0.1) is 0 Å². The van der Waals surface area contributed by atoms with Crippen LogP contribution in [0.15, 0.2) is 18.2 Å². The Morgan fingerprint density at radius 1 is 1.59 bits per heavy atom. The van der Waals surface area contributed by atoms with Crippen LogP contribution in [0.2, 0.25) is 0 Å². The van der Waals surface area contributed by atoms with Gasteiger partial charge >= 0.3 is 5.97 Å². The first-order valence-electron chi connectivity index (χ1n) is 5.78. The summed E-state index contributed by atoms with van der Waals surface area (Å²) in [6, 6.07) is 4.88. The second-order valence-electron chi connectivity index (χ2n) is 4.32. The van der Waals surface area contributed by atoms with Crippen LogP contribution in [0.3, 0.4) is 0 Å². The number of benzene rings is 1. The molecule has 1 aromatic rings. The first-order chi connectivity index (χ1) is 8.11. The van der Waals surface area contributed by atoms with Crippen LogP contribution < -0.4 is 0 Å². The molecule has 0 bridgehead atoms. The molecular formula is C13H16O4. The van der Waals surface area contributed by atoms with E-state index in [1.54, 1.807) is 12.1 Å². The molecule has 0 amide bonds. The highest BCUT2D eigenvalue weighted by atomic mass is 16.6. The molecule has 2 N–H and O–H groups in total. The molecule has 1 aromatic carbocycles. The first-order valence-corrected chi connectivity index (χ1v) is 5.78. The van der Waals surface area contributed by atoms with Crippen molar-refractivity contribution in [1.82, 2.24) is 0 Å². The second-order valence-corrected chi connectivity index (χ2v) is 4.32. The number of hydrogen-bond acceptors (Lipinski definition) is 3. The first kappa shape index (κ1) is 11.9. The van der Waals surface area contributed by atoms with Crippen molar-refractivity contribution in [2.75, 3.05) is 6.61 Å². The van der Waals surface area contributed by atoms with E-state index in [1.165, 1.54) is 6.07 Å². The Kier molecular flexibility index (Phi) is 3.33. The number of carbonyl (C=O) groups is 1. The van der Waals surface area contributed by atoms with E-state index < -0.39 is 11.9 Å². The predicted molar refractivity (Wildman–Crippen MR) is 62.2 cm³/mol. The summed E-state index contributed by atoms with van der Waals surface area (Å²) in [7, 11) is 0. The van der Waals surface area contributed by atoms with E-state index in [2.05, 4.69) is 0 Å². The molecule has 92 valence electrons. The Hall–Kier alpha value is -1.55. The molecule has 0 aromatic heterocycles. The van der Waals surface area contributed by atoms with E-state index in [9.17, 15) is 15.0 Å². The van der Waals surface area contributed by atoms with Gasteiger partial charge in [0.2, 0.25) is 0 Å². The number of aryl methyl sites for hydroxylation is 1. The van der Waals surface area contributed by atoms with Crippen molar-refractivity contribution >= 4 is 5.97 Å². The Morgan fingerprint density at radius 3 is 2.82 bits per heavy atom. The van der Waals surface area contributed by atoms with Crippen LogP contribution in [0.5, 0.6) is 5.75 Å². The zero-order chi connectivity index (χ0) is 12.4. The van der Waals surface area contributed by atoms with Crippen LogP contribution in [0, 0.1) is 0 Å². The highest BCUT2D eigenvalue weighted by Crippen LogP contribution is 2.31. The molecule has 2 atom stereocenters. The van der Waals surface area contributed by atoms with Crippen molar-refractivity contribution in [2.24, 2.45) is 0 Å². The lowest BCUT2D eigenvalue weighted by Gasteiger charge is -2.15. The number of ether oxygens (including phenoxy) is 1. The van der Waals surface area contributed by atoms with Gasteiger partial charge in [0.1, 0.15) is 5.75 Å². The molecule has 4 nitrogen and oxygen atoms in total. The molecule has 1 unspecified atom stereocenters. The standard InChI is InChI=1S/C13H16O4/c1-2-8-5-9(14)3-4-11(8)12(13(15)16)6-10-7-17-10/h3-5,10,12,14H,2,6-7H2,1H3,(H,15,16)/t10?,12-/m1/s1. The fraction of sp³-hybridized carbons (Fsp3) is 0.462. The van der Waals surface area contributed by atoms with Crippen molar-refractivity contribution in [2.45, 2.75) is 31.8 Å². The minimum Gasteiger partial charge on any atom is -0.508 e. The van der Waals surface area contributed by atoms with Crippen LogP contribution in [-0.2, 0) is 16.0 Å². The summed E-state index contributed by atoms with van der Waals surface area (Å²) in [5.41, 5.74) is 1.67. The van der Waals surface area contributed by atoms with Crippen molar-refractivity contribution in [3.05, 3.63) is 29.3 Å². The molecule has 0 aliphatic carbocycles. The number of aliphatic carboxylic acids is 1. The Morgan fingerprint density at radius 2 is 2.29 bits per heavy atom. The lowest BCUT2D eigenvalue weighted by molar-refractivity contribution is -0.139. The lowest BCUT2D eigenvalue weighted by Crippen LogP contribution is -2.15. The SMILES string of the molecule is CCc1cc(O)ccc1[C@@H](CC1CO1)C(=O)O. The third kappa shape index (κ3) is 2.77. The third-order valence-electron chi connectivity index (χ3n) is 3.08. The predicted octanol–water partition coefficient (Wildman–Crippen LogP) is 1.91. The number of carboxylic acid groups (broad SMARTS) is 1. The molecule has 17 heavy (non-hydrogen) atoms. The number of carboxylic acids is 1. The summed E-state index contributed by atoms with van der Waals surface area (Å²) in [5, 5.41) is 18.7. The molecule has 0 radical (unpaired) electrons. The number of phenols is 1. The average molecular weight is 236 g/mol. The fourth-order valence-corrected chi connectivity index (χ4v) is 2.07. The molecule has 1 saturated heterocycles. The zero-order valence-corrected chi connectivity index (χ0v) is 9.72. The van der Waals surface area contributed by atoms with Crippen LogP contribution in [0.25, 0.3) is 0 Å². The van der Waals surface area contributed by atoms with Gasteiger partial charge in [0.25, 0.3) is 0 Å². The van der Waals surface area contributed by atoms with Gasteiger partial charge in [0.05, 0.1) is 18.6 Å². The van der Waals surface area contributed by atoms with E-state index in [0.29, 0.717) is 19.4 Å². The highest BCUT2D eigenvalue weighted by Gasteiger charge is 2.32. The number of epoxide rings is 1. The summed E-state index contributed by atoms with van der Waals surface area (Å²) < 4.78 is 5.10. The van der Waals surface area contributed by atoms with Crippen LogP contribution in [0.1, 0.15) is 30.4 Å². The monoisotopic (exact) mass is 236 g/mol. The summed E-state index contributed by atoms with van der Waals surface area (Å²) in [5.74, 6) is -1.20. The highest BCUT2D eigenvalue weighted by molar-refractivity contribution is 5.77. The molecule has 0 spiro atoms. The number of phenolic OH excluding ortho intramolecular Hbond substituents is 1. The van der Waals surface area contributed by atoms with Gasteiger partial charge in [-0.05, 0) is 36.1 Å². The van der Waals surface area contributed by atoms with Gasteiger partial charge in [-0.3, -0.25) is 4.79 Å². The van der Waals surface area contributed by atoms with Gasteiger partial charge in [-0.1, -0.05) is 13.0 Å². The molecular weight excluding hydrogens is 220 g/mol. The van der Waals surface area contributed by atoms with Gasteiger partial charge < -0.3 is 14.9 Å². The smallest absolute Gasteiger partial charge is 0.311 e. The van der Waals surface area contributed by atoms with E-state index in [4.69, 9.17) is 4.74 Å². The van der Waals surface area contributed by atoms with Crippen molar-refractivity contribution in [3.8, 4) is 5.75 Å². The fourth-order valence-electron chi connectivity index (χ4n) is 2.07. The van der Waals surface area contributed by atoms with Crippen molar-refractivity contribution < 1.29 is 19.7 Å². The van der Waals surface area contributed by atoms with Gasteiger partial charge in [-0.25, -0.2) is 0 Å². The third-order valence-corrected chi connectivity index (χ3v) is 3.08. The summed E-state index contributed by atoms with van der Waals surface area (Å²) in [6.07, 6.45) is 1.29. The molecule has 1 aliphatic rings. The second kappa shape index (κ2) is 4.75. The van der Waals surface area contributed by atoms with Crippen LogP contribution in [0.4, 0.5) is 0 Å². The van der Waals surface area contributed by atoms with E-state index in [1.807, 2.05) is 6.92 Å². The van der Waals surface area contributed by atoms with Crippen molar-refractivity contribution in [3.63, 3.8) is 0 Å². The molecule has 1 aliphatic heterocycles. The van der Waals surface area contributed by atoms with Crippen molar-refractivity contribution in [1.29, 1.82) is 0 Å². The average Bonchev–Trinajstić information content (AvgIpc) is 3.09. The van der Waals surface area contributed by atoms with E-state index >= 15 is 0 Å². The minimum atomic E-state index is -0.833. The van der Waals surface area contributed by atoms with Gasteiger partial charge in [0, 0.05) is 0 Å². The Labute approximate surface area is 99.8 Å². The largest absolute Gasteiger partial charge is 0.508 e. The summed E-state index contributed by atoms with van der Waals surface area (Å²) >= 11 is 0. The topological polar surface area (TPSA) is 70.1 Å². The quantitative estimate of drug-likeness (QED) is 0.766. The normalized spacial score (nSPS) is 19.9. The maximum absolute atomic E-state index is 11.3. The molecule has 2 rings (SSSR count). The van der Waals surface area contributed by atoms with Gasteiger partial charge in [0.15, 0.2) is 0 Å². The maximum Gasteiger partial charge on any atom is 0.311 e. The number of rotatable bonds is 5.